The number of benzene rings is 1. The zero-order valence-corrected chi connectivity index (χ0v) is 9.51. The Kier molecular flexibility index (Phi) is 2.72. The molecule has 3 nitrogen and oxygen atoms in total. The smallest absolute Gasteiger partial charge is 0.309 e. The lowest BCUT2D eigenvalue weighted by Gasteiger charge is -2.49. The van der Waals surface area contributed by atoms with Gasteiger partial charge in [-0.15, -0.1) is 0 Å². The number of esters is 1. The third-order valence-corrected chi connectivity index (χ3v) is 3.67. The predicted molar refractivity (Wildman–Crippen MR) is 59.6 cm³/mol. The van der Waals surface area contributed by atoms with E-state index in [1.54, 1.807) is 0 Å². The minimum atomic E-state index is -0.875. The highest BCUT2D eigenvalue weighted by Crippen LogP contribution is 2.50. The normalized spacial score (nSPS) is 32.9. The number of rotatable bonds is 2. The van der Waals surface area contributed by atoms with Crippen LogP contribution in [0.1, 0.15) is 18.9 Å². The van der Waals surface area contributed by atoms with Gasteiger partial charge in [-0.05, 0) is 12.0 Å². The Morgan fingerprint density at radius 2 is 2.06 bits per heavy atom. The topological polar surface area (TPSA) is 46.5 Å². The maximum atomic E-state index is 11.4. The van der Waals surface area contributed by atoms with Gasteiger partial charge in [0.2, 0.25) is 0 Å². The molecule has 0 aromatic heterocycles. The number of methoxy groups -OCH3 is 1. The highest BCUT2D eigenvalue weighted by Gasteiger charge is 2.54. The van der Waals surface area contributed by atoms with Gasteiger partial charge < -0.3 is 9.84 Å². The van der Waals surface area contributed by atoms with Gasteiger partial charge in [0.25, 0.3) is 0 Å². The Bertz CT molecular complexity index is 387. The summed E-state index contributed by atoms with van der Waals surface area (Å²) in [6.45, 7) is 1.89. The second-order valence-electron chi connectivity index (χ2n) is 4.41. The van der Waals surface area contributed by atoms with E-state index in [1.165, 1.54) is 7.11 Å². The Labute approximate surface area is 95.0 Å². The lowest BCUT2D eigenvalue weighted by molar-refractivity contribution is -0.180. The van der Waals surface area contributed by atoms with Crippen molar-refractivity contribution in [2.75, 3.05) is 7.11 Å². The molecular formula is C13H16O3. The Morgan fingerprint density at radius 3 is 2.56 bits per heavy atom. The number of ether oxygens (including phenoxy) is 1. The highest BCUT2D eigenvalue weighted by molar-refractivity contribution is 5.74. The van der Waals surface area contributed by atoms with E-state index in [2.05, 4.69) is 0 Å². The van der Waals surface area contributed by atoms with Gasteiger partial charge in [-0.1, -0.05) is 37.3 Å². The first-order chi connectivity index (χ1) is 7.59. The van der Waals surface area contributed by atoms with Crippen molar-refractivity contribution in [2.24, 2.45) is 11.8 Å². The van der Waals surface area contributed by atoms with Crippen molar-refractivity contribution in [1.29, 1.82) is 0 Å². The van der Waals surface area contributed by atoms with Gasteiger partial charge in [0.1, 0.15) is 0 Å². The van der Waals surface area contributed by atoms with Gasteiger partial charge in [-0.25, -0.2) is 0 Å². The van der Waals surface area contributed by atoms with Crippen molar-refractivity contribution in [3.05, 3.63) is 35.9 Å². The molecule has 1 aliphatic rings. The quantitative estimate of drug-likeness (QED) is 0.772. The molecule has 1 saturated carbocycles. The van der Waals surface area contributed by atoms with Crippen molar-refractivity contribution in [1.82, 2.24) is 0 Å². The molecule has 1 fully saturated rings. The molecule has 3 heteroatoms. The molecule has 0 bridgehead atoms. The molecule has 0 aliphatic heterocycles. The van der Waals surface area contributed by atoms with Crippen LogP contribution >= 0.6 is 0 Å². The summed E-state index contributed by atoms with van der Waals surface area (Å²) in [5.74, 6) is -0.509. The summed E-state index contributed by atoms with van der Waals surface area (Å²) in [6, 6.07) is 9.49. The zero-order chi connectivity index (χ0) is 11.8. The summed E-state index contributed by atoms with van der Waals surface area (Å²) in [4.78, 5) is 11.4. The van der Waals surface area contributed by atoms with Gasteiger partial charge in [-0.2, -0.15) is 0 Å². The van der Waals surface area contributed by atoms with Gasteiger partial charge in [0, 0.05) is 5.92 Å². The van der Waals surface area contributed by atoms with Gasteiger partial charge in [0.05, 0.1) is 18.6 Å². The van der Waals surface area contributed by atoms with E-state index < -0.39 is 5.60 Å². The molecule has 0 amide bonds. The highest BCUT2D eigenvalue weighted by atomic mass is 16.5. The van der Waals surface area contributed by atoms with Crippen LogP contribution in [0.4, 0.5) is 0 Å². The molecule has 0 spiro atoms. The van der Waals surface area contributed by atoms with Gasteiger partial charge in [0.15, 0.2) is 0 Å². The van der Waals surface area contributed by atoms with E-state index in [9.17, 15) is 9.90 Å². The van der Waals surface area contributed by atoms with E-state index in [1.807, 2.05) is 37.3 Å². The maximum Gasteiger partial charge on any atom is 0.309 e. The van der Waals surface area contributed by atoms with Gasteiger partial charge >= 0.3 is 5.97 Å². The van der Waals surface area contributed by atoms with Crippen LogP contribution in [0.5, 0.6) is 0 Å². The van der Waals surface area contributed by atoms with Crippen LogP contribution in [-0.4, -0.2) is 18.2 Å². The van der Waals surface area contributed by atoms with E-state index in [-0.39, 0.29) is 17.8 Å². The van der Waals surface area contributed by atoms with Crippen LogP contribution in [0, 0.1) is 11.8 Å². The van der Waals surface area contributed by atoms with Crippen molar-refractivity contribution in [2.45, 2.75) is 18.9 Å². The number of carbonyl (C=O) groups excluding carboxylic acids is 1. The standard InChI is InChI=1S/C13H16O3/c1-9-11(12(14)16-2)8-13(9,15)10-6-4-3-5-7-10/h3-7,9,11,15H,8H2,1-2H3/t9-,11+,13+/m1/s1. The Morgan fingerprint density at radius 1 is 1.44 bits per heavy atom. The lowest BCUT2D eigenvalue weighted by Crippen LogP contribution is -2.53. The molecule has 0 radical (unpaired) electrons. The Hall–Kier alpha value is -1.35. The first-order valence-corrected chi connectivity index (χ1v) is 5.45. The molecule has 1 aromatic carbocycles. The first kappa shape index (κ1) is 11.1. The monoisotopic (exact) mass is 220 g/mol. The summed E-state index contributed by atoms with van der Waals surface area (Å²) >= 11 is 0. The van der Waals surface area contributed by atoms with E-state index in [0.29, 0.717) is 6.42 Å². The molecule has 0 unspecified atom stereocenters. The van der Waals surface area contributed by atoms with E-state index in [0.717, 1.165) is 5.56 Å². The molecule has 1 aromatic rings. The fraction of sp³-hybridized carbons (Fsp3) is 0.462. The second-order valence-corrected chi connectivity index (χ2v) is 4.41. The summed E-state index contributed by atoms with van der Waals surface area (Å²) in [5.41, 5.74) is 0.00257. The second kappa shape index (κ2) is 3.91. The zero-order valence-electron chi connectivity index (χ0n) is 9.51. The van der Waals surface area contributed by atoms with Crippen LogP contribution in [-0.2, 0) is 15.1 Å². The molecule has 3 atom stereocenters. The van der Waals surface area contributed by atoms with Crippen molar-refractivity contribution in [3.63, 3.8) is 0 Å². The predicted octanol–water partition coefficient (Wildman–Crippen LogP) is 1.70. The van der Waals surface area contributed by atoms with Crippen molar-refractivity contribution < 1.29 is 14.6 Å². The molecule has 16 heavy (non-hydrogen) atoms. The average molecular weight is 220 g/mol. The van der Waals surface area contributed by atoms with Crippen LogP contribution in [0.25, 0.3) is 0 Å². The number of hydrogen-bond acceptors (Lipinski definition) is 3. The van der Waals surface area contributed by atoms with Crippen LogP contribution in [0.3, 0.4) is 0 Å². The number of aliphatic hydroxyl groups is 1. The number of carbonyl (C=O) groups is 1. The van der Waals surface area contributed by atoms with Crippen LogP contribution in [0.15, 0.2) is 30.3 Å². The molecular weight excluding hydrogens is 204 g/mol. The van der Waals surface area contributed by atoms with Crippen LogP contribution in [0.2, 0.25) is 0 Å². The van der Waals surface area contributed by atoms with Crippen molar-refractivity contribution >= 4 is 5.97 Å². The SMILES string of the molecule is COC(=O)[C@H]1C[C@@](O)(c2ccccc2)[C@@H]1C. The summed E-state index contributed by atoms with van der Waals surface area (Å²) in [7, 11) is 1.38. The first-order valence-electron chi connectivity index (χ1n) is 5.45. The fourth-order valence-electron chi connectivity index (χ4n) is 2.42. The minimum absolute atomic E-state index is 0.0950. The van der Waals surface area contributed by atoms with Crippen LogP contribution < -0.4 is 0 Å². The fourth-order valence-corrected chi connectivity index (χ4v) is 2.42. The minimum Gasteiger partial charge on any atom is -0.469 e. The molecule has 0 heterocycles. The molecule has 1 N–H and O–H groups in total. The number of hydrogen-bond donors (Lipinski definition) is 1. The maximum absolute atomic E-state index is 11.4. The molecule has 86 valence electrons. The largest absolute Gasteiger partial charge is 0.469 e. The summed E-state index contributed by atoms with van der Waals surface area (Å²) < 4.78 is 4.70. The summed E-state index contributed by atoms with van der Waals surface area (Å²) in [5, 5.41) is 10.5. The van der Waals surface area contributed by atoms with E-state index in [4.69, 9.17) is 4.74 Å². The third kappa shape index (κ3) is 1.52. The van der Waals surface area contributed by atoms with Gasteiger partial charge in [-0.3, -0.25) is 4.79 Å². The summed E-state index contributed by atoms with van der Waals surface area (Å²) in [6.07, 6.45) is 0.449. The van der Waals surface area contributed by atoms with Crippen molar-refractivity contribution in [3.8, 4) is 0 Å². The third-order valence-electron chi connectivity index (χ3n) is 3.67. The lowest BCUT2D eigenvalue weighted by atomic mass is 9.59. The molecule has 2 rings (SSSR count). The molecule has 1 aliphatic carbocycles. The average Bonchev–Trinajstić information content (AvgIpc) is 2.35. The Balaban J connectivity index is 2.17. The van der Waals surface area contributed by atoms with E-state index >= 15 is 0 Å². The molecule has 0 saturated heterocycles.